The van der Waals surface area contributed by atoms with Gasteiger partial charge < -0.3 is 10.6 Å². The highest BCUT2D eigenvalue weighted by atomic mass is 32.2. The highest BCUT2D eigenvalue weighted by molar-refractivity contribution is 7.91. The normalized spacial score (nSPS) is 16.8. The summed E-state index contributed by atoms with van der Waals surface area (Å²) in [5.41, 5.74) is 7.02. The van der Waals surface area contributed by atoms with Crippen LogP contribution in [0.4, 0.5) is 10.5 Å². The number of carbonyl (C=O) groups excluding carboxylic acids is 1. The van der Waals surface area contributed by atoms with Crippen LogP contribution < -0.4 is 15.8 Å². The summed E-state index contributed by atoms with van der Waals surface area (Å²) >= 11 is 0. The van der Waals surface area contributed by atoms with E-state index >= 15 is 0 Å². The molecule has 2 amide bonds. The molecule has 0 heterocycles. The van der Waals surface area contributed by atoms with Gasteiger partial charge in [-0.1, -0.05) is 32.0 Å². The first kappa shape index (κ1) is 21.0. The van der Waals surface area contributed by atoms with Crippen molar-refractivity contribution in [1.29, 1.82) is 0 Å². The van der Waals surface area contributed by atoms with E-state index in [0.29, 0.717) is 17.5 Å². The molecular formula is C23H30N4O2S. The molecule has 2 aromatic rings. The predicted molar refractivity (Wildman–Crippen MR) is 121 cm³/mol. The van der Waals surface area contributed by atoms with Crippen LogP contribution in [0.15, 0.2) is 39.6 Å². The Hall–Kier alpha value is -2.22. The summed E-state index contributed by atoms with van der Waals surface area (Å²) < 4.78 is 16.8. The maximum atomic E-state index is 13.0. The number of nitrogens with zero attached hydrogens (tertiary/aromatic N) is 1. The maximum Gasteiger partial charge on any atom is 0.354 e. The van der Waals surface area contributed by atoms with E-state index in [2.05, 4.69) is 34.9 Å². The average Bonchev–Trinajstić information content (AvgIpc) is 3.35. The summed E-state index contributed by atoms with van der Waals surface area (Å²) in [5, 5.41) is 12.2. The zero-order valence-electron chi connectivity index (χ0n) is 17.7. The molecule has 0 fully saturated rings. The number of fused-ring (bicyclic) bond motifs is 2. The van der Waals surface area contributed by atoms with Crippen molar-refractivity contribution >= 4 is 21.6 Å². The molecule has 0 spiro atoms. The van der Waals surface area contributed by atoms with E-state index in [9.17, 15) is 9.00 Å². The lowest BCUT2D eigenvalue weighted by atomic mass is 9.99. The summed E-state index contributed by atoms with van der Waals surface area (Å²) in [5.74, 6) is 0. The Bertz CT molecular complexity index is 1050. The predicted octanol–water partition coefficient (Wildman–Crippen LogP) is 4.09. The molecule has 6 nitrogen and oxygen atoms in total. The van der Waals surface area contributed by atoms with Gasteiger partial charge in [0, 0.05) is 18.3 Å². The van der Waals surface area contributed by atoms with Gasteiger partial charge in [0.2, 0.25) is 0 Å². The second-order valence-electron chi connectivity index (χ2n) is 8.50. The molecule has 0 radical (unpaired) electrons. The van der Waals surface area contributed by atoms with E-state index in [-0.39, 0.29) is 0 Å². The number of anilines is 1. The third-order valence-electron chi connectivity index (χ3n) is 5.90. The molecule has 0 unspecified atom stereocenters. The fourth-order valence-corrected chi connectivity index (χ4v) is 5.32. The molecule has 2 aromatic carbocycles. The molecule has 0 aliphatic heterocycles. The van der Waals surface area contributed by atoms with Gasteiger partial charge in [-0.15, -0.1) is 4.36 Å². The molecule has 160 valence electrons. The number of amides is 2. The lowest BCUT2D eigenvalue weighted by Crippen LogP contribution is -2.22. The minimum absolute atomic E-state index is 0.356. The summed E-state index contributed by atoms with van der Waals surface area (Å²) in [6.07, 6.45) is 6.22. The second-order valence-corrected chi connectivity index (χ2v) is 10.3. The van der Waals surface area contributed by atoms with Crippen LogP contribution in [0.1, 0.15) is 54.5 Å². The van der Waals surface area contributed by atoms with E-state index in [1.54, 1.807) is 12.1 Å². The first-order valence-corrected chi connectivity index (χ1v) is 12.3. The molecule has 1 atom stereocenters. The fraction of sp³-hybridized carbons (Fsp3) is 0.435. The molecular weight excluding hydrogens is 396 g/mol. The van der Waals surface area contributed by atoms with Gasteiger partial charge in [-0.2, -0.15) is 0 Å². The minimum atomic E-state index is -3.31. The van der Waals surface area contributed by atoms with Crippen molar-refractivity contribution < 1.29 is 9.00 Å². The monoisotopic (exact) mass is 426 g/mol. The molecule has 0 bridgehead atoms. The third kappa shape index (κ3) is 4.43. The number of rotatable bonds is 5. The number of aryl methyl sites for hydroxylation is 2. The summed E-state index contributed by atoms with van der Waals surface area (Å²) in [4.78, 5) is 13.1. The lowest BCUT2D eigenvalue weighted by Gasteiger charge is -2.15. The van der Waals surface area contributed by atoms with E-state index in [0.717, 1.165) is 49.8 Å². The fourth-order valence-electron chi connectivity index (χ4n) is 4.40. The van der Waals surface area contributed by atoms with Gasteiger partial charge in [-0.05, 0) is 78.5 Å². The smallest absolute Gasteiger partial charge is 0.310 e. The minimum Gasteiger partial charge on any atom is -0.310 e. The first-order valence-electron chi connectivity index (χ1n) is 10.7. The van der Waals surface area contributed by atoms with Gasteiger partial charge in [0.1, 0.15) is 9.92 Å². The van der Waals surface area contributed by atoms with Crippen LogP contribution >= 0.6 is 0 Å². The van der Waals surface area contributed by atoms with Crippen molar-refractivity contribution in [2.24, 2.45) is 9.50 Å². The van der Waals surface area contributed by atoms with Gasteiger partial charge in [0.15, 0.2) is 0 Å². The number of hydrogen-bond donors (Lipinski definition) is 3. The lowest BCUT2D eigenvalue weighted by molar-refractivity contribution is 0.260. The van der Waals surface area contributed by atoms with E-state index in [4.69, 9.17) is 5.14 Å². The standard InChI is InChI=1S/C23H30N4O2S/c1-15(2)25-14-16-9-11-19(12-10-16)30(24,29)27-23(28)26-22-20-7-3-5-17(20)13-18-6-4-8-21(18)22/h9-13,15,25H,3-8,14H2,1-2H3,(H3,24,26,27,28,29)/t30-/m1/s1. The number of hydrogen-bond acceptors (Lipinski definition) is 3. The average molecular weight is 427 g/mol. The highest BCUT2D eigenvalue weighted by Crippen LogP contribution is 2.38. The van der Waals surface area contributed by atoms with Crippen LogP contribution in [-0.2, 0) is 42.1 Å². The van der Waals surface area contributed by atoms with Crippen LogP contribution in [0.25, 0.3) is 0 Å². The zero-order chi connectivity index (χ0) is 21.3. The van der Waals surface area contributed by atoms with E-state index in [1.807, 2.05) is 12.1 Å². The first-order chi connectivity index (χ1) is 14.3. The molecule has 0 saturated heterocycles. The van der Waals surface area contributed by atoms with E-state index in [1.165, 1.54) is 22.3 Å². The molecule has 2 aliphatic rings. The molecule has 4 rings (SSSR count). The summed E-state index contributed by atoms with van der Waals surface area (Å²) in [7, 11) is -3.31. The van der Waals surface area contributed by atoms with Crippen molar-refractivity contribution in [3.8, 4) is 0 Å². The van der Waals surface area contributed by atoms with Crippen LogP contribution in [0, 0.1) is 0 Å². The Morgan fingerprint density at radius 3 is 2.23 bits per heavy atom. The Balaban J connectivity index is 1.55. The van der Waals surface area contributed by atoms with Crippen molar-refractivity contribution in [2.75, 3.05) is 5.32 Å². The van der Waals surface area contributed by atoms with Gasteiger partial charge in [0.05, 0.1) is 4.90 Å². The number of carbonyl (C=O) groups is 1. The highest BCUT2D eigenvalue weighted by Gasteiger charge is 2.25. The van der Waals surface area contributed by atoms with Crippen molar-refractivity contribution in [2.45, 2.75) is 69.9 Å². The van der Waals surface area contributed by atoms with E-state index < -0.39 is 15.9 Å². The summed E-state index contributed by atoms with van der Waals surface area (Å²) in [6.45, 7) is 4.87. The number of urea groups is 1. The largest absolute Gasteiger partial charge is 0.354 e. The quantitative estimate of drug-likeness (QED) is 0.672. The molecule has 2 aliphatic carbocycles. The summed E-state index contributed by atoms with van der Waals surface area (Å²) in [6, 6.07) is 9.15. The Kier molecular flexibility index (Phi) is 5.95. The van der Waals surface area contributed by atoms with Gasteiger partial charge in [0.25, 0.3) is 0 Å². The molecule has 4 N–H and O–H groups in total. The topological polar surface area (TPSA) is 96.6 Å². The van der Waals surface area contributed by atoms with Crippen molar-refractivity contribution in [3.63, 3.8) is 0 Å². The maximum absolute atomic E-state index is 13.0. The van der Waals surface area contributed by atoms with Crippen molar-refractivity contribution in [3.05, 3.63) is 58.1 Å². The molecule has 0 saturated carbocycles. The van der Waals surface area contributed by atoms with Crippen LogP contribution in [-0.4, -0.2) is 16.3 Å². The third-order valence-corrected chi connectivity index (χ3v) is 7.28. The van der Waals surface area contributed by atoms with Crippen molar-refractivity contribution in [1.82, 2.24) is 5.32 Å². The van der Waals surface area contributed by atoms with Crippen LogP contribution in [0.3, 0.4) is 0 Å². The number of nitrogens with one attached hydrogen (secondary N) is 2. The molecule has 7 heteroatoms. The Morgan fingerprint density at radius 2 is 1.67 bits per heavy atom. The van der Waals surface area contributed by atoms with Crippen LogP contribution in [0.2, 0.25) is 0 Å². The Labute approximate surface area is 179 Å². The second kappa shape index (κ2) is 8.49. The molecule has 30 heavy (non-hydrogen) atoms. The van der Waals surface area contributed by atoms with Crippen LogP contribution in [0.5, 0.6) is 0 Å². The zero-order valence-corrected chi connectivity index (χ0v) is 18.5. The van der Waals surface area contributed by atoms with Gasteiger partial charge >= 0.3 is 6.03 Å². The number of benzene rings is 2. The number of nitrogens with two attached hydrogens (primary N) is 1. The molecule has 0 aromatic heterocycles. The van der Waals surface area contributed by atoms with Gasteiger partial charge in [-0.25, -0.2) is 14.1 Å². The van der Waals surface area contributed by atoms with Gasteiger partial charge in [-0.3, -0.25) is 0 Å². The Morgan fingerprint density at radius 1 is 1.07 bits per heavy atom. The SMILES string of the molecule is CC(C)NCc1ccc([S@](N)(=O)=NC(=O)Nc2c3c(cc4c2CCC4)CCC3)cc1.